The first-order valence-electron chi connectivity index (χ1n) is 4.87. The Kier molecular flexibility index (Phi) is 3.70. The average Bonchev–Trinajstić information content (AvgIpc) is 2.66. The third-order valence-electron chi connectivity index (χ3n) is 2.42. The van der Waals surface area contributed by atoms with Crippen LogP contribution in [-0.4, -0.2) is 38.5 Å². The molecule has 0 aromatic carbocycles. The number of hydrogen-bond acceptors (Lipinski definition) is 4. The molecule has 90 valence electrons. The van der Waals surface area contributed by atoms with Crippen molar-refractivity contribution >= 4 is 37.3 Å². The van der Waals surface area contributed by atoms with Gasteiger partial charge in [0.1, 0.15) is 4.21 Å². The average molecular weight is 326 g/mol. The van der Waals surface area contributed by atoms with E-state index in [4.69, 9.17) is 4.74 Å². The van der Waals surface area contributed by atoms with E-state index >= 15 is 0 Å². The van der Waals surface area contributed by atoms with Crippen molar-refractivity contribution in [3.8, 4) is 0 Å². The summed E-state index contributed by atoms with van der Waals surface area (Å²) in [6.07, 6.45) is 0. The summed E-state index contributed by atoms with van der Waals surface area (Å²) in [7, 11) is -3.35. The molecule has 1 aliphatic rings. The predicted octanol–water partition coefficient (Wildman–Crippen LogP) is 1.92. The summed E-state index contributed by atoms with van der Waals surface area (Å²) >= 11 is 4.51. The summed E-state index contributed by atoms with van der Waals surface area (Å²) in [5.41, 5.74) is 0. The minimum Gasteiger partial charge on any atom is -0.378 e. The molecule has 0 unspecified atom stereocenters. The molecule has 1 fully saturated rings. The number of hydrogen-bond donors (Lipinski definition) is 0. The van der Waals surface area contributed by atoms with Gasteiger partial charge < -0.3 is 4.74 Å². The molecule has 2 rings (SSSR count). The summed E-state index contributed by atoms with van der Waals surface area (Å²) in [5.74, 6) is 0. The zero-order chi connectivity index (χ0) is 11.8. The van der Waals surface area contributed by atoms with Gasteiger partial charge in [-0.2, -0.15) is 4.31 Å². The molecule has 0 spiro atoms. The lowest BCUT2D eigenvalue weighted by molar-refractivity contribution is 0.0393. The maximum Gasteiger partial charge on any atom is 0.252 e. The fourth-order valence-corrected chi connectivity index (χ4v) is 5.36. The molecular weight excluding hydrogens is 314 g/mol. The van der Waals surface area contributed by atoms with Gasteiger partial charge in [-0.3, -0.25) is 0 Å². The fraction of sp³-hybridized carbons (Fsp3) is 0.556. The van der Waals surface area contributed by atoms with Crippen LogP contribution in [0.3, 0.4) is 0 Å². The van der Waals surface area contributed by atoms with Gasteiger partial charge in [0.15, 0.2) is 0 Å². The zero-order valence-corrected chi connectivity index (χ0v) is 11.9. The molecule has 1 aromatic heterocycles. The molecule has 0 radical (unpaired) electrons. The first-order valence-corrected chi connectivity index (χ1v) is 7.91. The van der Waals surface area contributed by atoms with Crippen LogP contribution in [0.5, 0.6) is 0 Å². The van der Waals surface area contributed by atoms with Crippen LogP contribution in [0.25, 0.3) is 0 Å². The highest BCUT2D eigenvalue weighted by molar-refractivity contribution is 9.11. The molecule has 16 heavy (non-hydrogen) atoms. The normalized spacial score (nSPS) is 23.5. The van der Waals surface area contributed by atoms with Crippen molar-refractivity contribution in [2.75, 3.05) is 19.8 Å². The molecule has 7 heteroatoms. The van der Waals surface area contributed by atoms with E-state index in [-0.39, 0.29) is 6.04 Å². The van der Waals surface area contributed by atoms with Crippen molar-refractivity contribution in [2.45, 2.75) is 17.2 Å². The lowest BCUT2D eigenvalue weighted by Crippen LogP contribution is -2.46. The first-order chi connectivity index (χ1) is 7.51. The molecule has 0 N–H and O–H groups in total. The maximum atomic E-state index is 12.3. The second-order valence-corrected chi connectivity index (χ2v) is 8.18. The summed E-state index contributed by atoms with van der Waals surface area (Å²) in [5, 5.41) is 0. The van der Waals surface area contributed by atoms with Crippen LogP contribution in [0.4, 0.5) is 0 Å². The van der Waals surface area contributed by atoms with E-state index in [9.17, 15) is 8.42 Å². The topological polar surface area (TPSA) is 46.6 Å². The van der Waals surface area contributed by atoms with E-state index in [0.717, 1.165) is 3.79 Å². The SMILES string of the molecule is C[C@@H]1COCCN1S(=O)(=O)c1ccc(Br)s1. The second-order valence-electron chi connectivity index (χ2n) is 3.60. The molecule has 0 bridgehead atoms. The van der Waals surface area contributed by atoms with Gasteiger partial charge >= 0.3 is 0 Å². The van der Waals surface area contributed by atoms with Gasteiger partial charge in [-0.1, -0.05) is 0 Å². The molecule has 1 atom stereocenters. The Balaban J connectivity index is 2.31. The highest BCUT2D eigenvalue weighted by atomic mass is 79.9. The van der Waals surface area contributed by atoms with Crippen molar-refractivity contribution in [2.24, 2.45) is 0 Å². The van der Waals surface area contributed by atoms with Crippen molar-refractivity contribution in [1.29, 1.82) is 0 Å². The largest absolute Gasteiger partial charge is 0.378 e. The smallest absolute Gasteiger partial charge is 0.252 e. The maximum absolute atomic E-state index is 12.3. The van der Waals surface area contributed by atoms with Gasteiger partial charge in [-0.25, -0.2) is 8.42 Å². The van der Waals surface area contributed by atoms with Crippen LogP contribution in [0.15, 0.2) is 20.1 Å². The fourth-order valence-electron chi connectivity index (χ4n) is 1.62. The van der Waals surface area contributed by atoms with Crippen LogP contribution in [0, 0.1) is 0 Å². The molecular formula is C9H12BrNO3S2. The molecule has 1 aromatic rings. The minimum absolute atomic E-state index is 0.0976. The lowest BCUT2D eigenvalue weighted by atomic mass is 10.3. The van der Waals surface area contributed by atoms with Gasteiger partial charge in [0, 0.05) is 12.6 Å². The van der Waals surface area contributed by atoms with E-state index < -0.39 is 10.0 Å². The minimum atomic E-state index is -3.35. The van der Waals surface area contributed by atoms with Crippen LogP contribution in [0.2, 0.25) is 0 Å². The monoisotopic (exact) mass is 325 g/mol. The quantitative estimate of drug-likeness (QED) is 0.834. The standard InChI is InChI=1S/C9H12BrNO3S2/c1-7-6-14-5-4-11(7)16(12,13)9-3-2-8(10)15-9/h2-3,7H,4-6H2,1H3/t7-/m1/s1. The number of rotatable bonds is 2. The number of ether oxygens (including phenoxy) is 1. The van der Waals surface area contributed by atoms with Crippen LogP contribution >= 0.6 is 27.3 Å². The van der Waals surface area contributed by atoms with Crippen LogP contribution < -0.4 is 0 Å². The molecule has 4 nitrogen and oxygen atoms in total. The van der Waals surface area contributed by atoms with Crippen molar-refractivity contribution in [3.05, 3.63) is 15.9 Å². The molecule has 0 saturated carbocycles. The Morgan fingerprint density at radius 3 is 2.88 bits per heavy atom. The first kappa shape index (κ1) is 12.5. The highest BCUT2D eigenvalue weighted by Gasteiger charge is 2.32. The Labute approximate surface area is 107 Å². The van der Waals surface area contributed by atoms with Gasteiger partial charge in [-0.05, 0) is 35.0 Å². The van der Waals surface area contributed by atoms with Crippen LogP contribution in [-0.2, 0) is 14.8 Å². The summed E-state index contributed by atoms with van der Waals surface area (Å²) < 4.78 is 32.5. The third kappa shape index (κ3) is 2.33. The lowest BCUT2D eigenvalue weighted by Gasteiger charge is -2.31. The highest BCUT2D eigenvalue weighted by Crippen LogP contribution is 2.29. The summed E-state index contributed by atoms with van der Waals surface area (Å²) in [6.45, 7) is 3.22. The zero-order valence-electron chi connectivity index (χ0n) is 8.72. The summed E-state index contributed by atoms with van der Waals surface area (Å²) in [6, 6.07) is 3.29. The molecule has 1 aliphatic heterocycles. The van der Waals surface area contributed by atoms with Gasteiger partial charge in [0.05, 0.1) is 17.0 Å². The van der Waals surface area contributed by atoms with Gasteiger partial charge in [0.2, 0.25) is 0 Å². The van der Waals surface area contributed by atoms with Crippen molar-refractivity contribution in [3.63, 3.8) is 0 Å². The Hall–Kier alpha value is 0.0500. The number of morpholine rings is 1. The van der Waals surface area contributed by atoms with Gasteiger partial charge in [-0.15, -0.1) is 11.3 Å². The van der Waals surface area contributed by atoms with Crippen molar-refractivity contribution < 1.29 is 13.2 Å². The Morgan fingerprint density at radius 2 is 2.31 bits per heavy atom. The van der Waals surface area contributed by atoms with E-state index in [0.29, 0.717) is 24.0 Å². The van der Waals surface area contributed by atoms with E-state index in [1.807, 2.05) is 6.92 Å². The Morgan fingerprint density at radius 1 is 1.56 bits per heavy atom. The number of thiophene rings is 1. The molecule has 1 saturated heterocycles. The third-order valence-corrected chi connectivity index (χ3v) is 6.52. The second kappa shape index (κ2) is 4.73. The van der Waals surface area contributed by atoms with E-state index in [2.05, 4.69) is 15.9 Å². The van der Waals surface area contributed by atoms with Crippen LogP contribution in [0.1, 0.15) is 6.92 Å². The van der Waals surface area contributed by atoms with E-state index in [1.165, 1.54) is 15.6 Å². The van der Waals surface area contributed by atoms with Gasteiger partial charge in [0.25, 0.3) is 10.0 Å². The van der Waals surface area contributed by atoms with E-state index in [1.54, 1.807) is 12.1 Å². The summed E-state index contributed by atoms with van der Waals surface area (Å²) in [4.78, 5) is 0. The number of sulfonamides is 1. The van der Waals surface area contributed by atoms with Crippen molar-refractivity contribution in [1.82, 2.24) is 4.31 Å². The number of halogens is 1. The molecule has 0 aliphatic carbocycles. The predicted molar refractivity (Wildman–Crippen MR) is 66.2 cm³/mol. The molecule has 2 heterocycles. The Bertz CT molecular complexity index is 471. The molecule has 0 amide bonds. The number of nitrogens with zero attached hydrogens (tertiary/aromatic N) is 1.